The van der Waals surface area contributed by atoms with E-state index in [1.807, 2.05) is 49.4 Å². The van der Waals surface area contributed by atoms with E-state index in [0.717, 1.165) is 5.56 Å². The highest BCUT2D eigenvalue weighted by Crippen LogP contribution is 2.31. The lowest BCUT2D eigenvalue weighted by molar-refractivity contribution is -0.143. The number of carbonyl (C=O) groups is 2. The van der Waals surface area contributed by atoms with Gasteiger partial charge in [0.15, 0.2) is 0 Å². The van der Waals surface area contributed by atoms with Crippen LogP contribution in [-0.4, -0.2) is 35.3 Å². The molecule has 0 saturated heterocycles. The van der Waals surface area contributed by atoms with E-state index in [4.69, 9.17) is 0 Å². The molecule has 1 aliphatic heterocycles. The summed E-state index contributed by atoms with van der Waals surface area (Å²) in [6.07, 6.45) is 4.25. The number of amides is 2. The van der Waals surface area contributed by atoms with Gasteiger partial charge in [0.25, 0.3) is 0 Å². The predicted molar refractivity (Wildman–Crippen MR) is 78.1 cm³/mol. The smallest absolute Gasteiger partial charge is 0.250 e. The van der Waals surface area contributed by atoms with Crippen LogP contribution in [0.3, 0.4) is 0 Å². The van der Waals surface area contributed by atoms with Gasteiger partial charge in [-0.25, -0.2) is 0 Å². The van der Waals surface area contributed by atoms with Gasteiger partial charge in [-0.3, -0.25) is 9.59 Å². The summed E-state index contributed by atoms with van der Waals surface area (Å²) in [4.78, 5) is 26.1. The Hall–Kier alpha value is -2.10. The molecule has 0 fully saturated rings. The Labute approximate surface area is 119 Å². The van der Waals surface area contributed by atoms with Gasteiger partial charge in [-0.2, -0.15) is 0 Å². The molecule has 0 saturated carbocycles. The van der Waals surface area contributed by atoms with Crippen molar-refractivity contribution in [3.8, 4) is 0 Å². The molecule has 0 aromatic heterocycles. The third-order valence-corrected chi connectivity index (χ3v) is 3.76. The van der Waals surface area contributed by atoms with Crippen molar-refractivity contribution >= 4 is 11.8 Å². The van der Waals surface area contributed by atoms with Crippen LogP contribution in [0.1, 0.15) is 19.4 Å². The molecular formula is C16H20N2O2. The number of nitrogens with one attached hydrogen (secondary N) is 1. The lowest BCUT2D eigenvalue weighted by atomic mass is 9.89. The topological polar surface area (TPSA) is 49.4 Å². The molecule has 1 aromatic carbocycles. The standard InChI is InChI=1S/C16H20N2O2/c1-12-9-10-16(15(20)17-3,18(12)13(2)19)11-14-7-5-4-6-8-14/h4-10,12H,11H2,1-3H3,(H,17,20)/t12?,16-/m0/s1. The summed E-state index contributed by atoms with van der Waals surface area (Å²) in [6, 6.07) is 9.68. The van der Waals surface area contributed by atoms with E-state index in [1.54, 1.807) is 11.9 Å². The Morgan fingerprint density at radius 3 is 2.50 bits per heavy atom. The van der Waals surface area contributed by atoms with Crippen molar-refractivity contribution in [2.45, 2.75) is 31.8 Å². The molecule has 4 heteroatoms. The van der Waals surface area contributed by atoms with Gasteiger partial charge < -0.3 is 10.2 Å². The average molecular weight is 272 g/mol. The molecule has 0 spiro atoms. The fourth-order valence-corrected chi connectivity index (χ4v) is 2.93. The molecule has 1 heterocycles. The molecule has 2 atom stereocenters. The molecule has 2 amide bonds. The van der Waals surface area contributed by atoms with E-state index in [-0.39, 0.29) is 17.9 Å². The molecule has 0 aliphatic carbocycles. The van der Waals surface area contributed by atoms with Gasteiger partial charge in [0, 0.05) is 26.4 Å². The zero-order chi connectivity index (χ0) is 14.8. The fraction of sp³-hybridized carbons (Fsp3) is 0.375. The van der Waals surface area contributed by atoms with Crippen LogP contribution in [0.2, 0.25) is 0 Å². The maximum Gasteiger partial charge on any atom is 0.250 e. The monoisotopic (exact) mass is 272 g/mol. The van der Waals surface area contributed by atoms with Crippen molar-refractivity contribution in [2.75, 3.05) is 7.05 Å². The van der Waals surface area contributed by atoms with Gasteiger partial charge in [0.1, 0.15) is 5.54 Å². The molecule has 1 aliphatic rings. The third-order valence-electron chi connectivity index (χ3n) is 3.76. The normalized spacial score (nSPS) is 24.8. The summed E-state index contributed by atoms with van der Waals surface area (Å²) in [7, 11) is 1.60. The number of hydrogen-bond donors (Lipinski definition) is 1. The summed E-state index contributed by atoms with van der Waals surface area (Å²) >= 11 is 0. The first-order chi connectivity index (χ1) is 9.51. The Kier molecular flexibility index (Phi) is 3.93. The minimum absolute atomic E-state index is 0.0755. The molecule has 0 radical (unpaired) electrons. The minimum atomic E-state index is -0.929. The van der Waals surface area contributed by atoms with Gasteiger partial charge in [-0.15, -0.1) is 0 Å². The number of rotatable bonds is 3. The SMILES string of the molecule is CNC(=O)[C@@]1(Cc2ccccc2)C=CC(C)N1C(C)=O. The Morgan fingerprint density at radius 1 is 1.30 bits per heavy atom. The highest BCUT2D eigenvalue weighted by atomic mass is 16.2. The van der Waals surface area contributed by atoms with Gasteiger partial charge in [0.05, 0.1) is 0 Å². The van der Waals surface area contributed by atoms with E-state index < -0.39 is 5.54 Å². The summed E-state index contributed by atoms with van der Waals surface area (Å²) in [5, 5.41) is 2.69. The van der Waals surface area contributed by atoms with E-state index in [9.17, 15) is 9.59 Å². The number of likely N-dealkylation sites (N-methyl/N-ethyl adjacent to an activating group) is 1. The molecule has 0 bridgehead atoms. The number of hydrogen-bond acceptors (Lipinski definition) is 2. The van der Waals surface area contributed by atoms with Crippen LogP contribution in [-0.2, 0) is 16.0 Å². The quantitative estimate of drug-likeness (QED) is 0.848. The Balaban J connectivity index is 2.44. The number of nitrogens with zero attached hydrogens (tertiary/aromatic N) is 1. The highest BCUT2D eigenvalue weighted by Gasteiger charge is 2.47. The largest absolute Gasteiger partial charge is 0.357 e. The van der Waals surface area contributed by atoms with Crippen molar-refractivity contribution in [2.24, 2.45) is 0 Å². The number of benzene rings is 1. The number of carbonyl (C=O) groups excluding carboxylic acids is 2. The van der Waals surface area contributed by atoms with Gasteiger partial charge in [-0.05, 0) is 12.5 Å². The maximum atomic E-state index is 12.4. The third kappa shape index (κ3) is 2.33. The van der Waals surface area contributed by atoms with Crippen LogP contribution in [0, 0.1) is 0 Å². The molecule has 1 aromatic rings. The Morgan fingerprint density at radius 2 is 1.95 bits per heavy atom. The lowest BCUT2D eigenvalue weighted by Gasteiger charge is -2.38. The molecule has 2 rings (SSSR count). The zero-order valence-corrected chi connectivity index (χ0v) is 12.1. The highest BCUT2D eigenvalue weighted by molar-refractivity contribution is 5.94. The summed E-state index contributed by atoms with van der Waals surface area (Å²) < 4.78 is 0. The van der Waals surface area contributed by atoms with Crippen LogP contribution in [0.25, 0.3) is 0 Å². The molecule has 106 valence electrons. The van der Waals surface area contributed by atoms with Crippen LogP contribution in [0.4, 0.5) is 0 Å². The van der Waals surface area contributed by atoms with Crippen molar-refractivity contribution in [3.05, 3.63) is 48.0 Å². The first-order valence-electron chi connectivity index (χ1n) is 6.76. The van der Waals surface area contributed by atoms with Gasteiger partial charge in [0.2, 0.25) is 11.8 Å². The van der Waals surface area contributed by atoms with Crippen LogP contribution in [0.5, 0.6) is 0 Å². The molecule has 1 unspecified atom stereocenters. The van der Waals surface area contributed by atoms with E-state index in [0.29, 0.717) is 6.42 Å². The van der Waals surface area contributed by atoms with Crippen LogP contribution in [0.15, 0.2) is 42.5 Å². The van der Waals surface area contributed by atoms with Crippen molar-refractivity contribution in [3.63, 3.8) is 0 Å². The first kappa shape index (κ1) is 14.3. The maximum absolute atomic E-state index is 12.4. The molecular weight excluding hydrogens is 252 g/mol. The van der Waals surface area contributed by atoms with E-state index in [1.165, 1.54) is 6.92 Å². The van der Waals surface area contributed by atoms with Crippen LogP contribution >= 0.6 is 0 Å². The lowest BCUT2D eigenvalue weighted by Crippen LogP contribution is -2.59. The second-order valence-electron chi connectivity index (χ2n) is 5.15. The fourth-order valence-electron chi connectivity index (χ4n) is 2.93. The van der Waals surface area contributed by atoms with Crippen molar-refractivity contribution in [1.29, 1.82) is 0 Å². The first-order valence-corrected chi connectivity index (χ1v) is 6.76. The second kappa shape index (κ2) is 5.49. The minimum Gasteiger partial charge on any atom is -0.357 e. The molecule has 4 nitrogen and oxygen atoms in total. The summed E-state index contributed by atoms with van der Waals surface area (Å²) in [5.41, 5.74) is 0.0996. The molecule has 1 N–H and O–H groups in total. The van der Waals surface area contributed by atoms with Gasteiger partial charge >= 0.3 is 0 Å². The predicted octanol–water partition coefficient (Wildman–Crippen LogP) is 1.52. The summed E-state index contributed by atoms with van der Waals surface area (Å²) in [5.74, 6) is -0.251. The van der Waals surface area contributed by atoms with E-state index in [2.05, 4.69) is 5.32 Å². The second-order valence-corrected chi connectivity index (χ2v) is 5.15. The summed E-state index contributed by atoms with van der Waals surface area (Å²) in [6.45, 7) is 3.43. The average Bonchev–Trinajstić information content (AvgIpc) is 2.77. The molecule has 20 heavy (non-hydrogen) atoms. The van der Waals surface area contributed by atoms with Crippen LogP contribution < -0.4 is 5.32 Å². The van der Waals surface area contributed by atoms with Crippen molar-refractivity contribution in [1.82, 2.24) is 10.2 Å². The van der Waals surface area contributed by atoms with E-state index >= 15 is 0 Å². The van der Waals surface area contributed by atoms with Crippen molar-refractivity contribution < 1.29 is 9.59 Å². The Bertz CT molecular complexity index is 539. The zero-order valence-electron chi connectivity index (χ0n) is 12.1. The van der Waals surface area contributed by atoms with Gasteiger partial charge in [-0.1, -0.05) is 42.5 Å².